The highest BCUT2D eigenvalue weighted by atomic mass is 19.3. The van der Waals surface area contributed by atoms with E-state index < -0.39 is 11.5 Å². The smallest absolute Gasteiger partial charge is 0.269 e. The molecule has 1 aliphatic heterocycles. The molecule has 5 fully saturated rings. The number of hydrogen-bond acceptors (Lipinski definition) is 5. The van der Waals surface area contributed by atoms with E-state index in [1.807, 2.05) is 6.92 Å². The largest absolute Gasteiger partial charge is 0.396 e. The Kier molecular flexibility index (Phi) is 5.48. The van der Waals surface area contributed by atoms with Crippen LogP contribution in [0.1, 0.15) is 64.7 Å². The summed E-state index contributed by atoms with van der Waals surface area (Å²) >= 11 is 0. The maximum atomic E-state index is 14.3. The van der Waals surface area contributed by atoms with Crippen LogP contribution in [0.2, 0.25) is 0 Å². The number of rotatable bonds is 3. The van der Waals surface area contributed by atoms with Crippen LogP contribution in [0.5, 0.6) is 0 Å². The van der Waals surface area contributed by atoms with Gasteiger partial charge in [0, 0.05) is 36.8 Å². The average Bonchev–Trinajstić information content (AvgIpc) is 3.39. The van der Waals surface area contributed by atoms with E-state index in [1.54, 1.807) is 0 Å². The average molecular weight is 437 g/mol. The molecule has 5 unspecified atom stereocenters. The molecule has 31 heavy (non-hydrogen) atoms. The number of carbonyl (C=O) groups excluding carboxylic acids is 1. The van der Waals surface area contributed by atoms with Gasteiger partial charge in [-0.2, -0.15) is 8.78 Å². The van der Waals surface area contributed by atoms with Gasteiger partial charge in [-0.15, -0.1) is 0 Å². The van der Waals surface area contributed by atoms with Gasteiger partial charge in [-0.05, 0) is 80.7 Å². The monoisotopic (exact) mass is 436 g/mol. The number of halogens is 2. The molecular formula is C24H34F2N2O3. The first kappa shape index (κ1) is 21.5. The molecule has 7 heteroatoms. The third-order valence-electron chi connectivity index (χ3n) is 9.64. The van der Waals surface area contributed by atoms with E-state index in [2.05, 4.69) is 10.5 Å². The van der Waals surface area contributed by atoms with Crippen molar-refractivity contribution in [1.29, 1.82) is 0 Å². The fraction of sp³-hybridized carbons (Fsp3) is 0.833. The molecule has 0 bridgehead atoms. The molecule has 0 amide bonds. The summed E-state index contributed by atoms with van der Waals surface area (Å²) < 4.78 is 28.6. The molecule has 0 spiro atoms. The molecule has 172 valence electrons. The minimum absolute atomic E-state index is 0.0122. The molecule has 1 saturated heterocycles. The highest BCUT2D eigenvalue weighted by Gasteiger charge is 2.63. The Morgan fingerprint density at radius 1 is 1.19 bits per heavy atom. The van der Waals surface area contributed by atoms with Crippen molar-refractivity contribution < 1.29 is 23.5 Å². The summed E-state index contributed by atoms with van der Waals surface area (Å²) in [5.74, 6) is -0.0927. The standard InChI is InChI=1S/C24H34F2N2O3/c1-23-7-5-19-21(18(23)2-3-20(23)30)17(22(25)26)11-14-10-15(4-8-24(14,19)13-29)28-31-16-6-9-27-12-16/h14,16,18-19,21,27,29H,2-13H2,1H3/b28-15+/t14?,16?,18?,19?,21?,23-,24+/m0/s1. The minimum atomic E-state index is -1.57. The summed E-state index contributed by atoms with van der Waals surface area (Å²) in [5, 5.41) is 18.3. The maximum absolute atomic E-state index is 14.3. The number of aliphatic hydroxyl groups is 1. The molecule has 1 heterocycles. The van der Waals surface area contributed by atoms with Gasteiger partial charge in [0.25, 0.3) is 6.08 Å². The van der Waals surface area contributed by atoms with Crippen LogP contribution in [0, 0.1) is 34.5 Å². The van der Waals surface area contributed by atoms with Crippen LogP contribution in [0.25, 0.3) is 0 Å². The Labute approximate surface area is 182 Å². The number of fused-ring (bicyclic) bond motifs is 5. The second kappa shape index (κ2) is 7.91. The molecule has 0 radical (unpaired) electrons. The van der Waals surface area contributed by atoms with Crippen LogP contribution in [0.4, 0.5) is 8.78 Å². The molecule has 5 nitrogen and oxygen atoms in total. The number of aliphatic hydroxyl groups excluding tert-OH is 1. The summed E-state index contributed by atoms with van der Waals surface area (Å²) in [6.45, 7) is 3.75. The Hall–Kier alpha value is -1.34. The van der Waals surface area contributed by atoms with Crippen molar-refractivity contribution in [2.24, 2.45) is 39.7 Å². The molecule has 0 aromatic rings. The van der Waals surface area contributed by atoms with Gasteiger partial charge in [-0.25, -0.2) is 0 Å². The van der Waals surface area contributed by atoms with E-state index in [1.165, 1.54) is 0 Å². The number of nitrogens with one attached hydrogen (secondary N) is 1. The zero-order valence-corrected chi connectivity index (χ0v) is 18.3. The number of oxime groups is 1. The fourth-order valence-electron chi connectivity index (χ4n) is 7.86. The van der Waals surface area contributed by atoms with Gasteiger partial charge in [0.15, 0.2) is 0 Å². The number of nitrogens with zero attached hydrogens (tertiary/aromatic N) is 1. The van der Waals surface area contributed by atoms with Gasteiger partial charge >= 0.3 is 0 Å². The zero-order chi connectivity index (χ0) is 21.8. The molecule has 0 aromatic carbocycles. The van der Waals surface area contributed by atoms with Gasteiger partial charge in [0.1, 0.15) is 11.9 Å². The van der Waals surface area contributed by atoms with Crippen molar-refractivity contribution in [1.82, 2.24) is 5.32 Å². The van der Waals surface area contributed by atoms with Crippen LogP contribution in [-0.2, 0) is 9.63 Å². The molecule has 2 N–H and O–H groups in total. The van der Waals surface area contributed by atoms with Gasteiger partial charge in [0.2, 0.25) is 0 Å². The zero-order valence-electron chi connectivity index (χ0n) is 18.3. The first-order chi connectivity index (χ1) is 14.9. The normalized spacial score (nSPS) is 45.9. The number of hydrogen-bond donors (Lipinski definition) is 2. The summed E-state index contributed by atoms with van der Waals surface area (Å²) in [7, 11) is 0. The van der Waals surface area contributed by atoms with Crippen LogP contribution in [0.15, 0.2) is 16.8 Å². The van der Waals surface area contributed by atoms with E-state index in [0.717, 1.165) is 50.9 Å². The minimum Gasteiger partial charge on any atom is -0.396 e. The molecule has 0 aromatic heterocycles. The van der Waals surface area contributed by atoms with Crippen LogP contribution in [0.3, 0.4) is 0 Å². The molecule has 7 atom stereocenters. The van der Waals surface area contributed by atoms with Crippen molar-refractivity contribution in [3.63, 3.8) is 0 Å². The SMILES string of the molecule is C[C@]12CCC3C(C(=C(F)F)CC4C/C(=N/OC5CCNC5)CC[C@@]43CO)C1CCC2=O. The highest BCUT2D eigenvalue weighted by Crippen LogP contribution is 2.67. The third kappa shape index (κ3) is 3.29. The van der Waals surface area contributed by atoms with Gasteiger partial charge in [-0.1, -0.05) is 12.1 Å². The fourth-order valence-corrected chi connectivity index (χ4v) is 7.86. The predicted octanol–water partition coefficient (Wildman–Crippen LogP) is 4.07. The lowest BCUT2D eigenvalue weighted by Gasteiger charge is -2.60. The molecule has 4 saturated carbocycles. The molecule has 5 rings (SSSR count). The maximum Gasteiger partial charge on any atom is 0.269 e. The molecular weight excluding hydrogens is 402 g/mol. The Morgan fingerprint density at radius 3 is 2.74 bits per heavy atom. The van der Waals surface area contributed by atoms with Crippen LogP contribution < -0.4 is 5.32 Å². The molecule has 5 aliphatic rings. The van der Waals surface area contributed by atoms with Gasteiger partial charge in [0.05, 0.1) is 5.71 Å². The Morgan fingerprint density at radius 2 is 2.03 bits per heavy atom. The quantitative estimate of drug-likeness (QED) is 0.655. The third-order valence-corrected chi connectivity index (χ3v) is 9.64. The van der Waals surface area contributed by atoms with E-state index in [9.17, 15) is 18.7 Å². The van der Waals surface area contributed by atoms with Crippen LogP contribution >= 0.6 is 0 Å². The first-order valence-corrected chi connectivity index (χ1v) is 12.0. The summed E-state index contributed by atoms with van der Waals surface area (Å²) in [6, 6.07) is 0. The van der Waals surface area contributed by atoms with E-state index in [0.29, 0.717) is 25.7 Å². The van der Waals surface area contributed by atoms with Crippen molar-refractivity contribution in [3.8, 4) is 0 Å². The van der Waals surface area contributed by atoms with E-state index in [4.69, 9.17) is 4.84 Å². The van der Waals surface area contributed by atoms with Crippen molar-refractivity contribution in [2.45, 2.75) is 70.8 Å². The van der Waals surface area contributed by atoms with Crippen molar-refractivity contribution in [3.05, 3.63) is 11.7 Å². The predicted molar refractivity (Wildman–Crippen MR) is 113 cm³/mol. The first-order valence-electron chi connectivity index (χ1n) is 12.0. The van der Waals surface area contributed by atoms with Gasteiger partial charge in [-0.3, -0.25) is 4.79 Å². The number of Topliss-reactive ketones (excluding diaryl/α,β-unsaturated/α-hetero) is 1. The molecule has 4 aliphatic carbocycles. The second-order valence-corrected chi connectivity index (χ2v) is 10.8. The summed E-state index contributed by atoms with van der Waals surface area (Å²) in [4.78, 5) is 18.4. The van der Waals surface area contributed by atoms with E-state index in [-0.39, 0.29) is 53.2 Å². The lowest BCUT2D eigenvalue weighted by molar-refractivity contribution is -0.137. The van der Waals surface area contributed by atoms with Crippen molar-refractivity contribution >= 4 is 11.5 Å². The topological polar surface area (TPSA) is 70.9 Å². The summed E-state index contributed by atoms with van der Waals surface area (Å²) in [6.07, 6.45) is 4.59. The van der Waals surface area contributed by atoms with E-state index >= 15 is 0 Å². The number of allylic oxidation sites excluding steroid dienone is 1. The number of ketones is 1. The lowest BCUT2D eigenvalue weighted by atomic mass is 9.44. The summed E-state index contributed by atoms with van der Waals surface area (Å²) in [5.41, 5.74) is 0.363. The van der Waals surface area contributed by atoms with Gasteiger partial charge < -0.3 is 15.3 Å². The van der Waals surface area contributed by atoms with Crippen molar-refractivity contribution in [2.75, 3.05) is 19.7 Å². The lowest BCUT2D eigenvalue weighted by Crippen LogP contribution is -2.57. The Balaban J connectivity index is 1.44. The van der Waals surface area contributed by atoms with Crippen LogP contribution in [-0.4, -0.2) is 42.4 Å². The second-order valence-electron chi connectivity index (χ2n) is 10.8. The highest BCUT2D eigenvalue weighted by molar-refractivity contribution is 5.87. The Bertz CT molecular complexity index is 805. The number of carbonyl (C=O) groups is 1.